The van der Waals surface area contributed by atoms with Crippen molar-refractivity contribution >= 4 is 45.9 Å². The molecule has 0 saturated carbocycles. The van der Waals surface area contributed by atoms with Gasteiger partial charge in [0.15, 0.2) is 0 Å². The molecule has 2 aliphatic heterocycles. The number of benzene rings is 3. The highest BCUT2D eigenvalue weighted by molar-refractivity contribution is 7.00. The zero-order valence-corrected chi connectivity index (χ0v) is 20.4. The number of anilines is 4. The van der Waals surface area contributed by atoms with Gasteiger partial charge < -0.3 is 9.80 Å². The lowest BCUT2D eigenvalue weighted by molar-refractivity contribution is 0.411. The molecule has 2 aliphatic rings. The third-order valence-corrected chi connectivity index (χ3v) is 6.96. The molecule has 0 atom stereocenters. The van der Waals surface area contributed by atoms with Crippen LogP contribution in [0.25, 0.3) is 11.3 Å². The zero-order valence-electron chi connectivity index (χ0n) is 22.4. The van der Waals surface area contributed by atoms with Gasteiger partial charge in [-0.05, 0) is 75.7 Å². The van der Waals surface area contributed by atoms with Crippen LogP contribution in [-0.4, -0.2) is 25.8 Å². The fourth-order valence-electron chi connectivity index (χ4n) is 5.55. The molecule has 3 nitrogen and oxygen atoms in total. The number of para-hydroxylation sites is 1. The van der Waals surface area contributed by atoms with E-state index in [-0.39, 0.29) is 6.71 Å². The van der Waals surface area contributed by atoms with Crippen LogP contribution in [0.5, 0.6) is 0 Å². The van der Waals surface area contributed by atoms with Crippen molar-refractivity contribution in [1.82, 2.24) is 4.98 Å². The van der Waals surface area contributed by atoms with Gasteiger partial charge in [0.25, 0.3) is 6.71 Å². The van der Waals surface area contributed by atoms with Crippen molar-refractivity contribution in [3.8, 4) is 11.3 Å². The van der Waals surface area contributed by atoms with E-state index in [4.69, 9.17) is 2.74 Å². The van der Waals surface area contributed by atoms with Crippen LogP contribution in [0.2, 0.25) is 0 Å². The van der Waals surface area contributed by atoms with E-state index in [1.54, 1.807) is 12.3 Å². The fraction of sp³-hybridized carbons (Fsp3) is 0.233. The monoisotopic (exact) mass is 445 g/mol. The van der Waals surface area contributed by atoms with Crippen molar-refractivity contribution in [1.29, 1.82) is 0 Å². The first-order valence-electron chi connectivity index (χ1n) is 12.9. The van der Waals surface area contributed by atoms with E-state index in [9.17, 15) is 0 Å². The van der Waals surface area contributed by atoms with Crippen LogP contribution in [0.15, 0.2) is 79.0 Å². The SMILES string of the molecule is [2H]C([2H])(c1ccnc(-c2ccc3c(c2)B2c4ccccc4N(C)c4cccc(c42)N3C)c1)C(C)(C)C. The smallest absolute Gasteiger partial charge is 0.252 e. The zero-order chi connectivity index (χ0) is 25.4. The largest absolute Gasteiger partial charge is 0.345 e. The Morgan fingerprint density at radius 3 is 2.21 bits per heavy atom. The minimum Gasteiger partial charge on any atom is -0.345 e. The number of aromatic nitrogens is 1. The third-order valence-electron chi connectivity index (χ3n) is 6.96. The first kappa shape index (κ1) is 18.9. The Hall–Kier alpha value is -3.53. The quantitative estimate of drug-likeness (QED) is 0.404. The second kappa shape index (κ2) is 7.49. The third kappa shape index (κ3) is 3.24. The Labute approximate surface area is 206 Å². The van der Waals surface area contributed by atoms with Crippen molar-refractivity contribution in [3.05, 3.63) is 84.6 Å². The molecule has 0 amide bonds. The molecule has 0 bridgehead atoms. The van der Waals surface area contributed by atoms with Crippen molar-refractivity contribution in [2.24, 2.45) is 5.41 Å². The number of rotatable bonds is 2. The van der Waals surface area contributed by atoms with Crippen molar-refractivity contribution in [3.63, 3.8) is 0 Å². The number of hydrogen-bond donors (Lipinski definition) is 0. The van der Waals surface area contributed by atoms with Gasteiger partial charge in [-0.2, -0.15) is 0 Å². The lowest BCUT2D eigenvalue weighted by atomic mass is 9.33. The lowest BCUT2D eigenvalue weighted by Crippen LogP contribution is -2.61. The Morgan fingerprint density at radius 1 is 0.794 bits per heavy atom. The van der Waals surface area contributed by atoms with Crippen LogP contribution in [0.1, 0.15) is 29.1 Å². The summed E-state index contributed by atoms with van der Waals surface area (Å²) in [6, 6.07) is 25.5. The van der Waals surface area contributed by atoms with E-state index >= 15 is 0 Å². The van der Waals surface area contributed by atoms with E-state index in [0.717, 1.165) is 11.3 Å². The average Bonchev–Trinajstić information content (AvgIpc) is 2.87. The fourth-order valence-corrected chi connectivity index (χ4v) is 5.55. The summed E-state index contributed by atoms with van der Waals surface area (Å²) in [5, 5.41) is 0. The van der Waals surface area contributed by atoms with Crippen molar-refractivity contribution in [2.45, 2.75) is 27.1 Å². The predicted molar refractivity (Wildman–Crippen MR) is 146 cm³/mol. The Morgan fingerprint density at radius 2 is 1.47 bits per heavy atom. The van der Waals surface area contributed by atoms with Crippen molar-refractivity contribution in [2.75, 3.05) is 23.9 Å². The van der Waals surface area contributed by atoms with Gasteiger partial charge in [0, 0.05) is 45.8 Å². The maximum Gasteiger partial charge on any atom is 0.252 e. The molecule has 3 heterocycles. The Balaban J connectivity index is 1.55. The minimum atomic E-state index is -1.47. The molecule has 0 unspecified atom stereocenters. The maximum atomic E-state index is 8.76. The molecular weight excluding hydrogens is 413 g/mol. The lowest BCUT2D eigenvalue weighted by Gasteiger charge is -2.42. The first-order chi connectivity index (χ1) is 17.1. The summed E-state index contributed by atoms with van der Waals surface area (Å²) < 4.78 is 17.5. The van der Waals surface area contributed by atoms with Crippen LogP contribution in [0.3, 0.4) is 0 Å². The molecule has 4 heteroatoms. The summed E-state index contributed by atoms with van der Waals surface area (Å²) in [5.41, 5.74) is 10.7. The number of nitrogens with zero attached hydrogens (tertiary/aromatic N) is 3. The molecule has 0 aliphatic carbocycles. The van der Waals surface area contributed by atoms with E-state index in [2.05, 4.69) is 89.5 Å². The number of hydrogen-bond acceptors (Lipinski definition) is 3. The number of fused-ring (bicyclic) bond motifs is 4. The van der Waals surface area contributed by atoms with Crippen LogP contribution in [0.4, 0.5) is 22.7 Å². The maximum absolute atomic E-state index is 8.76. The summed E-state index contributed by atoms with van der Waals surface area (Å²) in [6.07, 6.45) is 0.262. The van der Waals surface area contributed by atoms with Gasteiger partial charge in [0.1, 0.15) is 0 Å². The van der Waals surface area contributed by atoms with Gasteiger partial charge in [-0.25, -0.2) is 0 Å². The Bertz CT molecular complexity index is 1490. The van der Waals surface area contributed by atoms with Crippen molar-refractivity contribution < 1.29 is 2.74 Å². The second-order valence-electron chi connectivity index (χ2n) is 10.4. The molecule has 0 radical (unpaired) electrons. The molecule has 34 heavy (non-hydrogen) atoms. The molecule has 168 valence electrons. The summed E-state index contributed by atoms with van der Waals surface area (Å²) >= 11 is 0. The summed E-state index contributed by atoms with van der Waals surface area (Å²) in [6.45, 7) is 5.94. The standard InChI is InChI=1S/C30H30BN3/c1-30(2,3)19-20-15-16-32-24(17-20)21-13-14-26-23(18-21)31-22-9-6-7-10-25(22)33(4)27-11-8-12-28(29(27)31)34(26)5/h6-18H,19H2,1-5H3/i19D2. The molecule has 3 aromatic carbocycles. The van der Waals surface area contributed by atoms with Crippen LogP contribution in [-0.2, 0) is 6.37 Å². The molecule has 0 fully saturated rings. The van der Waals surface area contributed by atoms with Gasteiger partial charge >= 0.3 is 0 Å². The topological polar surface area (TPSA) is 19.4 Å². The van der Waals surface area contributed by atoms with Crippen LogP contribution in [0, 0.1) is 5.41 Å². The van der Waals surface area contributed by atoms with E-state index in [1.165, 1.54) is 39.1 Å². The molecule has 0 N–H and O–H groups in total. The van der Waals surface area contributed by atoms with Gasteiger partial charge in [-0.15, -0.1) is 0 Å². The van der Waals surface area contributed by atoms with Gasteiger partial charge in [0.2, 0.25) is 0 Å². The summed E-state index contributed by atoms with van der Waals surface area (Å²) in [5.74, 6) is 0. The molecule has 1 aromatic heterocycles. The van der Waals surface area contributed by atoms with Gasteiger partial charge in [-0.1, -0.05) is 57.2 Å². The number of pyridine rings is 1. The normalized spacial score (nSPS) is 15.3. The van der Waals surface area contributed by atoms with Gasteiger partial charge in [0.05, 0.1) is 5.69 Å². The highest BCUT2D eigenvalue weighted by atomic mass is 15.1. The predicted octanol–water partition coefficient (Wildman–Crippen LogP) is 5.02. The molecule has 0 spiro atoms. The van der Waals surface area contributed by atoms with E-state index < -0.39 is 11.8 Å². The van der Waals surface area contributed by atoms with Gasteiger partial charge in [-0.3, -0.25) is 4.98 Å². The van der Waals surface area contributed by atoms with E-state index in [0.29, 0.717) is 5.56 Å². The van der Waals surface area contributed by atoms with Crippen LogP contribution < -0.4 is 26.2 Å². The van der Waals surface area contributed by atoms with Crippen LogP contribution >= 0.6 is 0 Å². The average molecular weight is 445 g/mol. The highest BCUT2D eigenvalue weighted by Crippen LogP contribution is 2.36. The molecule has 0 saturated heterocycles. The molecule has 6 rings (SSSR count). The second-order valence-corrected chi connectivity index (χ2v) is 10.4. The minimum absolute atomic E-state index is 0.124. The highest BCUT2D eigenvalue weighted by Gasteiger charge is 2.40. The van der Waals surface area contributed by atoms with E-state index in [1.807, 2.05) is 26.8 Å². The summed E-state index contributed by atoms with van der Waals surface area (Å²) in [7, 11) is 4.29. The molecule has 4 aromatic rings. The Kier molecular flexibility index (Phi) is 4.15. The molecular formula is C30H30BN3. The summed E-state index contributed by atoms with van der Waals surface area (Å²) in [4.78, 5) is 9.26. The first-order valence-corrected chi connectivity index (χ1v) is 11.9.